The van der Waals surface area contributed by atoms with Crippen molar-refractivity contribution in [1.29, 1.82) is 0 Å². The number of hydrogen-bond acceptors (Lipinski definition) is 5. The van der Waals surface area contributed by atoms with Crippen molar-refractivity contribution in [2.75, 3.05) is 13.1 Å². The number of rotatable bonds is 2. The van der Waals surface area contributed by atoms with Crippen LogP contribution in [0.4, 0.5) is 0 Å². The molecule has 0 bridgehead atoms. The zero-order chi connectivity index (χ0) is 16.9. The van der Waals surface area contributed by atoms with Crippen LogP contribution in [-0.2, 0) is 0 Å². The van der Waals surface area contributed by atoms with Gasteiger partial charge in [-0.1, -0.05) is 13.3 Å². The van der Waals surface area contributed by atoms with Gasteiger partial charge in [-0.05, 0) is 38.2 Å². The largest absolute Gasteiger partial charge is 0.390 e. The number of amides is 1. The van der Waals surface area contributed by atoms with E-state index in [-0.39, 0.29) is 11.8 Å². The first kappa shape index (κ1) is 15.5. The summed E-state index contributed by atoms with van der Waals surface area (Å²) in [6.45, 7) is 5.21. The number of carbonyl (C=O) groups is 1. The van der Waals surface area contributed by atoms with Crippen LogP contribution in [0, 0.1) is 18.8 Å². The minimum Gasteiger partial charge on any atom is -0.390 e. The van der Waals surface area contributed by atoms with Crippen molar-refractivity contribution in [1.82, 2.24) is 24.5 Å². The third-order valence-corrected chi connectivity index (χ3v) is 5.83. The molecule has 3 heterocycles. The molecule has 24 heavy (non-hydrogen) atoms. The van der Waals surface area contributed by atoms with Crippen molar-refractivity contribution in [3.8, 4) is 0 Å². The van der Waals surface area contributed by atoms with Crippen LogP contribution < -0.4 is 0 Å². The van der Waals surface area contributed by atoms with Gasteiger partial charge >= 0.3 is 0 Å². The van der Waals surface area contributed by atoms with Gasteiger partial charge in [0.05, 0.1) is 5.60 Å². The molecule has 0 radical (unpaired) electrons. The highest BCUT2D eigenvalue weighted by molar-refractivity contribution is 5.91. The third-order valence-electron chi connectivity index (χ3n) is 5.83. The van der Waals surface area contributed by atoms with Crippen LogP contribution in [0.25, 0.3) is 5.78 Å². The summed E-state index contributed by atoms with van der Waals surface area (Å²) < 4.78 is 1.64. The molecule has 1 saturated heterocycles. The van der Waals surface area contributed by atoms with E-state index in [1.807, 2.05) is 24.8 Å². The molecule has 7 heteroatoms. The van der Waals surface area contributed by atoms with Gasteiger partial charge < -0.3 is 10.0 Å². The van der Waals surface area contributed by atoms with E-state index in [9.17, 15) is 9.90 Å². The molecular weight excluding hydrogens is 306 g/mol. The Kier molecular flexibility index (Phi) is 3.56. The minimum absolute atomic E-state index is 0.124. The number of aliphatic hydroxyl groups is 1. The molecule has 4 rings (SSSR count). The maximum Gasteiger partial charge on any atom is 0.292 e. The molecule has 2 aromatic heterocycles. The quantitative estimate of drug-likeness (QED) is 0.901. The molecule has 2 fully saturated rings. The molecule has 1 amide bonds. The molecule has 2 aromatic rings. The summed E-state index contributed by atoms with van der Waals surface area (Å²) in [5.41, 5.74) is 0.206. The van der Waals surface area contributed by atoms with Crippen LogP contribution in [0.5, 0.6) is 0 Å². The average molecular weight is 329 g/mol. The molecule has 1 aliphatic carbocycles. The lowest BCUT2D eigenvalue weighted by Gasteiger charge is -2.40. The lowest BCUT2D eigenvalue weighted by Crippen LogP contribution is -2.44. The summed E-state index contributed by atoms with van der Waals surface area (Å²) in [5.74, 6) is 1.17. The van der Waals surface area contributed by atoms with Gasteiger partial charge in [-0.2, -0.15) is 0 Å². The van der Waals surface area contributed by atoms with Gasteiger partial charge in [-0.25, -0.2) is 4.98 Å². The Morgan fingerprint density at radius 1 is 1.42 bits per heavy atom. The number of fused-ring (bicyclic) bond motifs is 2. The second-order valence-corrected chi connectivity index (χ2v) is 7.19. The SMILES string of the molecule is CC[C@]1(O)CCC[C@H]2CN(C(=O)c3nnc4nc(C)ccn34)C[C@H]21. The average Bonchev–Trinajstić information content (AvgIpc) is 3.18. The van der Waals surface area contributed by atoms with Crippen molar-refractivity contribution < 1.29 is 9.90 Å². The summed E-state index contributed by atoms with van der Waals surface area (Å²) in [5, 5.41) is 19.0. The second kappa shape index (κ2) is 5.51. The molecular formula is C17H23N5O2. The van der Waals surface area contributed by atoms with Gasteiger partial charge in [0.2, 0.25) is 5.82 Å². The first-order valence-electron chi connectivity index (χ1n) is 8.72. The molecule has 1 aliphatic heterocycles. The smallest absolute Gasteiger partial charge is 0.292 e. The maximum absolute atomic E-state index is 12.9. The second-order valence-electron chi connectivity index (χ2n) is 7.19. The van der Waals surface area contributed by atoms with Gasteiger partial charge in [-0.3, -0.25) is 9.20 Å². The number of hydrogen-bond donors (Lipinski definition) is 1. The number of carbonyl (C=O) groups excluding carboxylic acids is 1. The van der Waals surface area contributed by atoms with Crippen LogP contribution in [0.3, 0.4) is 0 Å². The van der Waals surface area contributed by atoms with E-state index in [0.29, 0.717) is 30.6 Å². The molecule has 0 aromatic carbocycles. The molecule has 7 nitrogen and oxygen atoms in total. The fourth-order valence-corrected chi connectivity index (χ4v) is 4.39. The lowest BCUT2D eigenvalue weighted by atomic mass is 9.69. The summed E-state index contributed by atoms with van der Waals surface area (Å²) in [4.78, 5) is 19.1. The van der Waals surface area contributed by atoms with Gasteiger partial charge in [0.25, 0.3) is 11.7 Å². The summed E-state index contributed by atoms with van der Waals surface area (Å²) in [7, 11) is 0. The van der Waals surface area contributed by atoms with E-state index in [2.05, 4.69) is 15.2 Å². The van der Waals surface area contributed by atoms with E-state index in [1.165, 1.54) is 0 Å². The summed E-state index contributed by atoms with van der Waals surface area (Å²) >= 11 is 0. The van der Waals surface area contributed by atoms with Crippen molar-refractivity contribution in [2.45, 2.75) is 45.1 Å². The van der Waals surface area contributed by atoms with E-state index in [0.717, 1.165) is 31.4 Å². The highest BCUT2D eigenvalue weighted by atomic mass is 16.3. The Morgan fingerprint density at radius 2 is 2.25 bits per heavy atom. The minimum atomic E-state index is -0.635. The fraction of sp³-hybridized carbons (Fsp3) is 0.647. The lowest BCUT2D eigenvalue weighted by molar-refractivity contribution is -0.0609. The topological polar surface area (TPSA) is 83.6 Å². The van der Waals surface area contributed by atoms with Crippen LogP contribution in [0.1, 0.15) is 48.9 Å². The molecule has 3 atom stereocenters. The Balaban J connectivity index is 1.61. The highest BCUT2D eigenvalue weighted by Gasteiger charge is 2.49. The van der Waals surface area contributed by atoms with Gasteiger partial charge in [0.15, 0.2) is 0 Å². The molecule has 0 unspecified atom stereocenters. The van der Waals surface area contributed by atoms with Crippen molar-refractivity contribution >= 4 is 11.7 Å². The monoisotopic (exact) mass is 329 g/mol. The number of aromatic nitrogens is 4. The maximum atomic E-state index is 12.9. The predicted octanol–water partition coefficient (Wildman–Crippen LogP) is 1.45. The van der Waals surface area contributed by atoms with E-state index < -0.39 is 5.60 Å². The van der Waals surface area contributed by atoms with Gasteiger partial charge in [0.1, 0.15) is 0 Å². The molecule has 1 saturated carbocycles. The first-order chi connectivity index (χ1) is 11.5. The number of nitrogens with zero attached hydrogens (tertiary/aromatic N) is 5. The van der Waals surface area contributed by atoms with Gasteiger partial charge in [0, 0.05) is 30.9 Å². The van der Waals surface area contributed by atoms with E-state index in [4.69, 9.17) is 0 Å². The normalized spacial score (nSPS) is 29.9. The third kappa shape index (κ3) is 2.30. The molecule has 128 valence electrons. The highest BCUT2D eigenvalue weighted by Crippen LogP contribution is 2.44. The Morgan fingerprint density at radius 3 is 3.04 bits per heavy atom. The van der Waals surface area contributed by atoms with Gasteiger partial charge in [-0.15, -0.1) is 10.2 Å². The number of likely N-dealkylation sites (tertiary alicyclic amines) is 1. The predicted molar refractivity (Wildman–Crippen MR) is 87.5 cm³/mol. The molecule has 1 N–H and O–H groups in total. The number of aryl methyl sites for hydroxylation is 1. The molecule has 0 spiro atoms. The van der Waals surface area contributed by atoms with Crippen LogP contribution in [-0.4, -0.2) is 54.2 Å². The van der Waals surface area contributed by atoms with Crippen LogP contribution >= 0.6 is 0 Å². The Hall–Kier alpha value is -2.02. The van der Waals surface area contributed by atoms with Crippen molar-refractivity contribution in [3.05, 3.63) is 23.8 Å². The Labute approximate surface area is 140 Å². The van der Waals surface area contributed by atoms with Crippen LogP contribution in [0.15, 0.2) is 12.3 Å². The first-order valence-corrected chi connectivity index (χ1v) is 8.72. The standard InChI is InChI=1S/C17H23N5O2/c1-3-17(24)7-4-5-12-9-21(10-13(12)17)15(23)14-19-20-16-18-11(2)6-8-22(14)16/h6,8,12-13,24H,3-5,7,9-10H2,1-2H3/t12-,13+,17-/m0/s1. The zero-order valence-corrected chi connectivity index (χ0v) is 14.1. The Bertz CT molecular complexity index is 788. The summed E-state index contributed by atoms with van der Waals surface area (Å²) in [6, 6.07) is 1.84. The van der Waals surface area contributed by atoms with Crippen molar-refractivity contribution in [2.24, 2.45) is 11.8 Å². The van der Waals surface area contributed by atoms with Crippen molar-refractivity contribution in [3.63, 3.8) is 0 Å². The zero-order valence-electron chi connectivity index (χ0n) is 14.1. The fourth-order valence-electron chi connectivity index (χ4n) is 4.39. The van der Waals surface area contributed by atoms with E-state index in [1.54, 1.807) is 10.6 Å². The summed E-state index contributed by atoms with van der Waals surface area (Å²) in [6.07, 6.45) is 5.48. The van der Waals surface area contributed by atoms with Crippen LogP contribution in [0.2, 0.25) is 0 Å². The van der Waals surface area contributed by atoms with E-state index >= 15 is 0 Å². The molecule has 2 aliphatic rings.